The van der Waals surface area contributed by atoms with Crippen LogP contribution in [0.1, 0.15) is 11.3 Å². The molecule has 27 heavy (non-hydrogen) atoms. The van der Waals surface area contributed by atoms with Crippen LogP contribution in [0.5, 0.6) is 0 Å². The quantitative estimate of drug-likeness (QED) is 0.489. The number of hydrogen-bond acceptors (Lipinski definition) is 3. The maximum atomic E-state index is 4.74. The highest BCUT2D eigenvalue weighted by molar-refractivity contribution is 5.85. The van der Waals surface area contributed by atoms with Gasteiger partial charge in [-0.2, -0.15) is 0 Å². The molecular weight excluding hydrogens is 330 g/mol. The molecule has 3 nitrogen and oxygen atoms in total. The first-order chi connectivity index (χ1) is 13.2. The summed E-state index contributed by atoms with van der Waals surface area (Å²) in [4.78, 5) is 11.5. The lowest BCUT2D eigenvalue weighted by Gasteiger charge is -2.11. The smallest absolute Gasteiger partial charge is 0.161 e. The molecule has 0 N–H and O–H groups in total. The Morgan fingerprint density at radius 1 is 0.704 bits per heavy atom. The van der Waals surface area contributed by atoms with E-state index in [4.69, 9.17) is 9.97 Å². The summed E-state index contributed by atoms with van der Waals surface area (Å²) in [7, 11) is 4.05. The van der Waals surface area contributed by atoms with Gasteiger partial charge < -0.3 is 4.90 Å². The Bertz CT molecular complexity index is 1140. The molecule has 0 spiro atoms. The Balaban J connectivity index is 1.79. The van der Waals surface area contributed by atoms with Crippen molar-refractivity contribution in [1.82, 2.24) is 9.97 Å². The predicted octanol–water partition coefficient (Wildman–Crippen LogP) is 4.76. The molecule has 0 radical (unpaired) electrons. The zero-order chi connectivity index (χ0) is 18.6. The lowest BCUT2D eigenvalue weighted by atomic mass is 10.1. The second-order valence-electron chi connectivity index (χ2n) is 6.47. The standard InChI is InChI=1S/C24H19N3/c1-27(2)20-15-12-18(13-16-20)14-17-23-21-10-6-7-11-22(21)25-24(26-23)19-8-4-3-5-9-19/h3-13,15-16H,1-2H3. The molecule has 1 heterocycles. The summed E-state index contributed by atoms with van der Waals surface area (Å²) in [5.74, 6) is 7.18. The molecular formula is C24H19N3. The fraction of sp³-hybridized carbons (Fsp3) is 0.0833. The summed E-state index contributed by atoms with van der Waals surface area (Å²) in [6.07, 6.45) is 0. The van der Waals surface area contributed by atoms with Crippen molar-refractivity contribution >= 4 is 16.6 Å². The first-order valence-corrected chi connectivity index (χ1v) is 8.82. The molecule has 0 atom stereocenters. The number of aromatic nitrogens is 2. The molecule has 4 rings (SSSR count). The van der Waals surface area contributed by atoms with Gasteiger partial charge in [-0.1, -0.05) is 48.4 Å². The van der Waals surface area contributed by atoms with Gasteiger partial charge in [0.05, 0.1) is 5.52 Å². The van der Waals surface area contributed by atoms with Crippen molar-refractivity contribution in [3.63, 3.8) is 0 Å². The lowest BCUT2D eigenvalue weighted by molar-refractivity contribution is 1.13. The third-order valence-corrected chi connectivity index (χ3v) is 4.34. The fourth-order valence-corrected chi connectivity index (χ4v) is 2.86. The summed E-state index contributed by atoms with van der Waals surface area (Å²) in [6.45, 7) is 0. The molecule has 3 heteroatoms. The molecule has 130 valence electrons. The number of rotatable bonds is 2. The number of fused-ring (bicyclic) bond motifs is 1. The number of para-hydroxylation sites is 1. The minimum Gasteiger partial charge on any atom is -0.378 e. The van der Waals surface area contributed by atoms with Gasteiger partial charge in [0.25, 0.3) is 0 Å². The van der Waals surface area contributed by atoms with Crippen LogP contribution in [0.25, 0.3) is 22.3 Å². The molecule has 1 aromatic heterocycles. The molecule has 0 saturated heterocycles. The molecule has 0 unspecified atom stereocenters. The van der Waals surface area contributed by atoms with Crippen LogP contribution in [0.3, 0.4) is 0 Å². The Kier molecular flexibility index (Phi) is 4.55. The van der Waals surface area contributed by atoms with E-state index in [-0.39, 0.29) is 0 Å². The molecule has 0 amide bonds. The van der Waals surface area contributed by atoms with Crippen LogP contribution < -0.4 is 4.90 Å². The third-order valence-electron chi connectivity index (χ3n) is 4.34. The van der Waals surface area contributed by atoms with Crippen molar-refractivity contribution in [3.05, 3.63) is 90.1 Å². The molecule has 0 aliphatic carbocycles. The van der Waals surface area contributed by atoms with Gasteiger partial charge >= 0.3 is 0 Å². The van der Waals surface area contributed by atoms with Crippen molar-refractivity contribution in [2.75, 3.05) is 19.0 Å². The van der Waals surface area contributed by atoms with E-state index < -0.39 is 0 Å². The highest BCUT2D eigenvalue weighted by Crippen LogP contribution is 2.21. The zero-order valence-corrected chi connectivity index (χ0v) is 15.3. The van der Waals surface area contributed by atoms with Crippen molar-refractivity contribution in [3.8, 4) is 23.2 Å². The molecule has 0 saturated carbocycles. The topological polar surface area (TPSA) is 29.0 Å². The average Bonchev–Trinajstić information content (AvgIpc) is 2.72. The number of nitrogens with zero attached hydrogens (tertiary/aromatic N) is 3. The second kappa shape index (κ2) is 7.31. The van der Waals surface area contributed by atoms with Crippen LogP contribution in [0, 0.1) is 11.8 Å². The van der Waals surface area contributed by atoms with Crippen LogP contribution in [-0.4, -0.2) is 24.1 Å². The van der Waals surface area contributed by atoms with Crippen molar-refractivity contribution in [2.24, 2.45) is 0 Å². The van der Waals surface area contributed by atoms with Crippen molar-refractivity contribution in [2.45, 2.75) is 0 Å². The second-order valence-corrected chi connectivity index (χ2v) is 6.47. The summed E-state index contributed by atoms with van der Waals surface area (Å²) >= 11 is 0. The molecule has 0 aliphatic heterocycles. The highest BCUT2D eigenvalue weighted by atomic mass is 15.1. The largest absolute Gasteiger partial charge is 0.378 e. The van der Waals surface area contributed by atoms with E-state index in [1.807, 2.05) is 80.8 Å². The van der Waals surface area contributed by atoms with Gasteiger partial charge in [-0.3, -0.25) is 0 Å². The van der Waals surface area contributed by atoms with Gasteiger partial charge in [-0.25, -0.2) is 9.97 Å². The van der Waals surface area contributed by atoms with E-state index in [2.05, 4.69) is 28.9 Å². The molecule has 3 aromatic carbocycles. The maximum absolute atomic E-state index is 4.74. The van der Waals surface area contributed by atoms with E-state index in [1.54, 1.807) is 0 Å². The number of benzene rings is 3. The summed E-state index contributed by atoms with van der Waals surface area (Å²) in [5, 5.41) is 0.967. The summed E-state index contributed by atoms with van der Waals surface area (Å²) in [5.41, 5.74) is 4.75. The normalized spacial score (nSPS) is 10.3. The zero-order valence-electron chi connectivity index (χ0n) is 15.3. The lowest BCUT2D eigenvalue weighted by Crippen LogP contribution is -2.07. The summed E-state index contributed by atoms with van der Waals surface area (Å²) in [6, 6.07) is 26.2. The minimum atomic E-state index is 0.696. The number of hydrogen-bond donors (Lipinski definition) is 0. The van der Waals surface area contributed by atoms with Crippen LogP contribution in [0.15, 0.2) is 78.9 Å². The number of anilines is 1. The van der Waals surface area contributed by atoms with Crippen LogP contribution in [0.4, 0.5) is 5.69 Å². The van der Waals surface area contributed by atoms with E-state index in [0.29, 0.717) is 5.82 Å². The minimum absolute atomic E-state index is 0.696. The highest BCUT2D eigenvalue weighted by Gasteiger charge is 2.07. The fourth-order valence-electron chi connectivity index (χ4n) is 2.86. The Morgan fingerprint density at radius 2 is 1.41 bits per heavy atom. The molecule has 0 bridgehead atoms. The van der Waals surface area contributed by atoms with E-state index in [0.717, 1.165) is 33.4 Å². The van der Waals surface area contributed by atoms with Gasteiger partial charge in [0, 0.05) is 36.3 Å². The monoisotopic (exact) mass is 349 g/mol. The average molecular weight is 349 g/mol. The predicted molar refractivity (Wildman–Crippen MR) is 112 cm³/mol. The van der Waals surface area contributed by atoms with Gasteiger partial charge in [0.1, 0.15) is 5.69 Å². The Labute approximate surface area is 159 Å². The maximum Gasteiger partial charge on any atom is 0.161 e. The van der Waals surface area contributed by atoms with E-state index in [1.165, 1.54) is 0 Å². The Morgan fingerprint density at radius 3 is 2.15 bits per heavy atom. The van der Waals surface area contributed by atoms with Crippen LogP contribution in [-0.2, 0) is 0 Å². The SMILES string of the molecule is CN(C)c1ccc(C#Cc2nc(-c3ccccc3)nc3ccccc23)cc1. The molecule has 0 fully saturated rings. The Hall–Kier alpha value is -3.64. The van der Waals surface area contributed by atoms with Gasteiger partial charge in [-0.05, 0) is 42.3 Å². The van der Waals surface area contributed by atoms with Crippen molar-refractivity contribution < 1.29 is 0 Å². The molecule has 4 aromatic rings. The molecule has 0 aliphatic rings. The first kappa shape index (κ1) is 16.8. The van der Waals surface area contributed by atoms with Gasteiger partial charge in [0.2, 0.25) is 0 Å². The third kappa shape index (κ3) is 3.65. The van der Waals surface area contributed by atoms with Gasteiger partial charge in [-0.15, -0.1) is 0 Å². The summed E-state index contributed by atoms with van der Waals surface area (Å²) < 4.78 is 0. The van der Waals surface area contributed by atoms with Crippen LogP contribution in [0.2, 0.25) is 0 Å². The van der Waals surface area contributed by atoms with E-state index >= 15 is 0 Å². The first-order valence-electron chi connectivity index (χ1n) is 8.82. The van der Waals surface area contributed by atoms with Crippen LogP contribution >= 0.6 is 0 Å². The van der Waals surface area contributed by atoms with Gasteiger partial charge in [0.15, 0.2) is 5.82 Å². The van der Waals surface area contributed by atoms with E-state index in [9.17, 15) is 0 Å². The van der Waals surface area contributed by atoms with Crippen molar-refractivity contribution in [1.29, 1.82) is 0 Å².